The molecule has 0 saturated carbocycles. The minimum atomic E-state index is -0.741. The van der Waals surface area contributed by atoms with Gasteiger partial charge in [-0.2, -0.15) is 5.10 Å². The summed E-state index contributed by atoms with van der Waals surface area (Å²) in [5.41, 5.74) is 7.57. The Labute approximate surface area is 127 Å². The van der Waals surface area contributed by atoms with Crippen molar-refractivity contribution in [3.8, 4) is 5.88 Å². The molecule has 1 heterocycles. The predicted molar refractivity (Wildman–Crippen MR) is 81.5 cm³/mol. The summed E-state index contributed by atoms with van der Waals surface area (Å²) in [6.07, 6.45) is 0. The van der Waals surface area contributed by atoms with Crippen LogP contribution in [0.4, 0.5) is 5.69 Å². The number of benzene rings is 1. The summed E-state index contributed by atoms with van der Waals surface area (Å²) in [5.74, 6) is -0.0166. The average molecular weight is 309 g/mol. The molecule has 2 aromatic rings. The lowest BCUT2D eigenvalue weighted by molar-refractivity contribution is -0.118. The molecule has 1 atom stereocenters. The Morgan fingerprint density at radius 3 is 2.57 bits per heavy atom. The number of ether oxygens (including phenoxy) is 1. The van der Waals surface area contributed by atoms with Crippen LogP contribution in [0.2, 0.25) is 5.02 Å². The molecule has 3 N–H and O–H groups in total. The number of nitrogens with one attached hydrogen (secondary N) is 1. The summed E-state index contributed by atoms with van der Waals surface area (Å²) in [6, 6.07) is 6.27. The number of amides is 1. The van der Waals surface area contributed by atoms with E-state index in [1.807, 2.05) is 0 Å². The quantitative estimate of drug-likeness (QED) is 0.885. The number of nitrogens with zero attached hydrogens (tertiary/aromatic N) is 2. The first-order chi connectivity index (χ1) is 9.93. The molecule has 112 valence electrons. The van der Waals surface area contributed by atoms with E-state index in [9.17, 15) is 4.79 Å². The largest absolute Gasteiger partial charge is 0.481 e. The molecule has 0 aliphatic rings. The van der Waals surface area contributed by atoms with Gasteiger partial charge in [-0.15, -0.1) is 0 Å². The van der Waals surface area contributed by atoms with Gasteiger partial charge in [0, 0.05) is 17.8 Å². The van der Waals surface area contributed by atoms with E-state index in [4.69, 9.17) is 22.1 Å². The number of hydrogen-bond acceptors (Lipinski definition) is 4. The highest BCUT2D eigenvalue weighted by Crippen LogP contribution is 2.30. The number of primary amides is 1. The van der Waals surface area contributed by atoms with Crippen LogP contribution in [0.5, 0.6) is 5.88 Å². The standard InChI is InChI=1S/C14H17ClN4O2/c1-8-11(14(21-3)19(2)18-8)12(13(16)20)17-10-6-4-9(15)5-7-10/h4-7,12,17H,1-3H3,(H2,16,20). The second kappa shape index (κ2) is 6.05. The Bertz CT molecular complexity index is 652. The number of methoxy groups -OCH3 is 1. The Hall–Kier alpha value is -2.21. The SMILES string of the molecule is COc1c(C(Nc2ccc(Cl)cc2)C(N)=O)c(C)nn1C. The molecule has 1 aromatic heterocycles. The summed E-state index contributed by atoms with van der Waals surface area (Å²) >= 11 is 5.85. The van der Waals surface area contributed by atoms with E-state index < -0.39 is 11.9 Å². The van der Waals surface area contributed by atoms with Crippen LogP contribution >= 0.6 is 11.6 Å². The summed E-state index contributed by atoms with van der Waals surface area (Å²) in [5, 5.41) is 7.96. The first-order valence-electron chi connectivity index (χ1n) is 6.33. The third-order valence-electron chi connectivity index (χ3n) is 3.14. The second-order valence-corrected chi connectivity index (χ2v) is 5.06. The normalized spacial score (nSPS) is 12.0. The fraction of sp³-hybridized carbons (Fsp3) is 0.286. The van der Waals surface area contributed by atoms with Gasteiger partial charge in [-0.25, -0.2) is 4.68 Å². The van der Waals surface area contributed by atoms with Gasteiger partial charge in [0.15, 0.2) is 0 Å². The molecule has 1 aromatic carbocycles. The van der Waals surface area contributed by atoms with E-state index in [1.54, 1.807) is 42.9 Å². The molecule has 0 aliphatic heterocycles. The summed E-state index contributed by atoms with van der Waals surface area (Å²) in [4.78, 5) is 11.8. The lowest BCUT2D eigenvalue weighted by atomic mass is 10.1. The number of halogens is 1. The van der Waals surface area contributed by atoms with Crippen LogP contribution in [-0.2, 0) is 11.8 Å². The van der Waals surface area contributed by atoms with Crippen LogP contribution in [0.15, 0.2) is 24.3 Å². The van der Waals surface area contributed by atoms with Crippen molar-refractivity contribution in [2.45, 2.75) is 13.0 Å². The zero-order valence-corrected chi connectivity index (χ0v) is 12.8. The van der Waals surface area contributed by atoms with E-state index in [-0.39, 0.29) is 0 Å². The van der Waals surface area contributed by atoms with E-state index in [1.165, 1.54) is 7.11 Å². The van der Waals surface area contributed by atoms with Crippen LogP contribution in [0.1, 0.15) is 17.3 Å². The smallest absolute Gasteiger partial charge is 0.244 e. The lowest BCUT2D eigenvalue weighted by Crippen LogP contribution is -2.28. The summed E-state index contributed by atoms with van der Waals surface area (Å²) in [7, 11) is 3.27. The molecule has 0 saturated heterocycles. The van der Waals surface area contributed by atoms with E-state index in [2.05, 4.69) is 10.4 Å². The number of aromatic nitrogens is 2. The minimum absolute atomic E-state index is 0.498. The van der Waals surface area contributed by atoms with Gasteiger partial charge in [-0.05, 0) is 31.2 Å². The number of nitrogens with two attached hydrogens (primary N) is 1. The van der Waals surface area contributed by atoms with Crippen molar-refractivity contribution in [3.05, 3.63) is 40.5 Å². The number of carbonyl (C=O) groups is 1. The predicted octanol–water partition coefficient (Wildman–Crippen LogP) is 2.03. The van der Waals surface area contributed by atoms with Gasteiger partial charge in [-0.3, -0.25) is 4.79 Å². The molecular formula is C14H17ClN4O2. The first kappa shape index (κ1) is 15.2. The molecule has 2 rings (SSSR count). The van der Waals surface area contributed by atoms with E-state index >= 15 is 0 Å². The zero-order chi connectivity index (χ0) is 15.6. The van der Waals surface area contributed by atoms with Crippen molar-refractivity contribution < 1.29 is 9.53 Å². The fourth-order valence-electron chi connectivity index (χ4n) is 2.23. The van der Waals surface area contributed by atoms with Crippen LogP contribution in [0.3, 0.4) is 0 Å². The zero-order valence-electron chi connectivity index (χ0n) is 12.1. The van der Waals surface area contributed by atoms with Gasteiger partial charge in [-0.1, -0.05) is 11.6 Å². The van der Waals surface area contributed by atoms with Crippen molar-refractivity contribution in [1.82, 2.24) is 9.78 Å². The Morgan fingerprint density at radius 2 is 2.05 bits per heavy atom. The first-order valence-corrected chi connectivity index (χ1v) is 6.70. The number of aryl methyl sites for hydroxylation is 2. The van der Waals surface area contributed by atoms with Gasteiger partial charge in [0.2, 0.25) is 11.8 Å². The van der Waals surface area contributed by atoms with Crippen molar-refractivity contribution in [3.63, 3.8) is 0 Å². The van der Waals surface area contributed by atoms with Crippen molar-refractivity contribution in [2.24, 2.45) is 12.8 Å². The van der Waals surface area contributed by atoms with Crippen LogP contribution in [0.25, 0.3) is 0 Å². The average Bonchev–Trinajstić information content (AvgIpc) is 2.71. The monoisotopic (exact) mass is 308 g/mol. The molecule has 0 aliphatic carbocycles. The maximum atomic E-state index is 11.8. The topological polar surface area (TPSA) is 82.2 Å². The fourth-order valence-corrected chi connectivity index (χ4v) is 2.35. The molecule has 7 heteroatoms. The maximum absolute atomic E-state index is 11.8. The Morgan fingerprint density at radius 1 is 1.43 bits per heavy atom. The van der Waals surface area contributed by atoms with Gasteiger partial charge in [0.1, 0.15) is 6.04 Å². The van der Waals surface area contributed by atoms with Gasteiger partial charge in [0.25, 0.3) is 0 Å². The third-order valence-corrected chi connectivity index (χ3v) is 3.39. The molecule has 0 fully saturated rings. The van der Waals surface area contributed by atoms with E-state index in [0.29, 0.717) is 22.2 Å². The van der Waals surface area contributed by atoms with Crippen LogP contribution < -0.4 is 15.8 Å². The third kappa shape index (κ3) is 3.11. The lowest BCUT2D eigenvalue weighted by Gasteiger charge is -2.18. The molecule has 1 unspecified atom stereocenters. The number of rotatable bonds is 5. The van der Waals surface area contributed by atoms with Gasteiger partial charge in [0.05, 0.1) is 18.4 Å². The van der Waals surface area contributed by atoms with Crippen LogP contribution in [-0.4, -0.2) is 22.8 Å². The second-order valence-electron chi connectivity index (χ2n) is 4.62. The van der Waals surface area contributed by atoms with Crippen molar-refractivity contribution in [2.75, 3.05) is 12.4 Å². The molecule has 0 spiro atoms. The number of hydrogen-bond donors (Lipinski definition) is 2. The molecule has 0 radical (unpaired) electrons. The van der Waals surface area contributed by atoms with E-state index in [0.717, 1.165) is 5.69 Å². The highest BCUT2D eigenvalue weighted by atomic mass is 35.5. The van der Waals surface area contributed by atoms with Gasteiger partial charge >= 0.3 is 0 Å². The highest BCUT2D eigenvalue weighted by molar-refractivity contribution is 6.30. The number of carbonyl (C=O) groups excluding carboxylic acids is 1. The highest BCUT2D eigenvalue weighted by Gasteiger charge is 2.27. The molecule has 0 bridgehead atoms. The molecule has 1 amide bonds. The molecule has 6 nitrogen and oxygen atoms in total. The summed E-state index contributed by atoms with van der Waals surface area (Å²) < 4.78 is 6.89. The van der Waals surface area contributed by atoms with Gasteiger partial charge < -0.3 is 15.8 Å². The minimum Gasteiger partial charge on any atom is -0.481 e. The Kier molecular flexibility index (Phi) is 4.37. The molecule has 21 heavy (non-hydrogen) atoms. The number of anilines is 1. The molecular weight excluding hydrogens is 292 g/mol. The van der Waals surface area contributed by atoms with Crippen molar-refractivity contribution >= 4 is 23.2 Å². The summed E-state index contributed by atoms with van der Waals surface area (Å²) in [6.45, 7) is 1.80. The Balaban J connectivity index is 2.40. The maximum Gasteiger partial charge on any atom is 0.244 e. The van der Waals surface area contributed by atoms with Crippen LogP contribution in [0, 0.1) is 6.92 Å². The van der Waals surface area contributed by atoms with Crippen molar-refractivity contribution in [1.29, 1.82) is 0 Å².